The van der Waals surface area contributed by atoms with E-state index in [4.69, 9.17) is 11.6 Å². The fraction of sp³-hybridized carbons (Fsp3) is 0.188. The lowest BCUT2D eigenvalue weighted by Crippen LogP contribution is -2.05. The molecule has 1 aliphatic carbocycles. The van der Waals surface area contributed by atoms with Gasteiger partial charge >= 0.3 is 0 Å². The van der Waals surface area contributed by atoms with Gasteiger partial charge in [0.1, 0.15) is 0 Å². The Hall–Kier alpha value is -2.40. The number of non-ortho nitro benzene ring substituents is 1. The first-order chi connectivity index (χ1) is 10.6. The van der Waals surface area contributed by atoms with Crippen molar-refractivity contribution in [2.24, 2.45) is 11.1 Å². The van der Waals surface area contributed by atoms with Crippen LogP contribution in [0.15, 0.2) is 53.7 Å². The number of nitrogens with zero attached hydrogens (tertiary/aromatic N) is 2. The van der Waals surface area contributed by atoms with Crippen molar-refractivity contribution in [1.29, 1.82) is 0 Å². The number of rotatable bonds is 4. The summed E-state index contributed by atoms with van der Waals surface area (Å²) < 4.78 is 0. The van der Waals surface area contributed by atoms with Crippen molar-refractivity contribution in [3.63, 3.8) is 0 Å². The maximum Gasteiger partial charge on any atom is 0.269 e. The van der Waals surface area contributed by atoms with E-state index in [0.29, 0.717) is 22.2 Å². The van der Waals surface area contributed by atoms with Gasteiger partial charge in [-0.25, -0.2) is 0 Å². The average molecular weight is 317 g/mol. The Morgan fingerprint density at radius 1 is 1.18 bits per heavy atom. The van der Waals surface area contributed by atoms with E-state index in [1.807, 2.05) is 24.3 Å². The van der Waals surface area contributed by atoms with Crippen LogP contribution in [0.3, 0.4) is 0 Å². The van der Waals surface area contributed by atoms with Gasteiger partial charge in [-0.15, -0.1) is 0 Å². The summed E-state index contributed by atoms with van der Waals surface area (Å²) in [5.41, 5.74) is 2.44. The minimum Gasteiger partial charge on any atom is -0.411 e. The van der Waals surface area contributed by atoms with Crippen molar-refractivity contribution < 1.29 is 10.1 Å². The van der Waals surface area contributed by atoms with Crippen molar-refractivity contribution in [3.05, 3.63) is 74.8 Å². The zero-order valence-electron chi connectivity index (χ0n) is 11.5. The lowest BCUT2D eigenvalue weighted by Gasteiger charge is -2.05. The summed E-state index contributed by atoms with van der Waals surface area (Å²) in [6, 6.07) is 13.7. The summed E-state index contributed by atoms with van der Waals surface area (Å²) in [4.78, 5) is 10.2. The molecule has 6 heteroatoms. The molecule has 1 fully saturated rings. The molecule has 112 valence electrons. The monoisotopic (exact) mass is 316 g/mol. The van der Waals surface area contributed by atoms with E-state index in [2.05, 4.69) is 5.16 Å². The summed E-state index contributed by atoms with van der Waals surface area (Å²) >= 11 is 5.88. The molecule has 1 N–H and O–H groups in total. The van der Waals surface area contributed by atoms with Crippen molar-refractivity contribution in [2.75, 3.05) is 0 Å². The molecule has 1 saturated carbocycles. The second-order valence-electron chi connectivity index (χ2n) is 5.29. The highest BCUT2D eigenvalue weighted by Gasteiger charge is 2.43. The molecule has 2 unspecified atom stereocenters. The van der Waals surface area contributed by atoms with Crippen molar-refractivity contribution in [2.45, 2.75) is 12.3 Å². The Morgan fingerprint density at radius 3 is 2.36 bits per heavy atom. The molecule has 3 rings (SSSR count). The maximum atomic E-state index is 10.7. The summed E-state index contributed by atoms with van der Waals surface area (Å²) in [6.07, 6.45) is 0.887. The fourth-order valence-corrected chi connectivity index (χ4v) is 2.80. The van der Waals surface area contributed by atoms with Crippen LogP contribution in [0.2, 0.25) is 5.02 Å². The zero-order valence-corrected chi connectivity index (χ0v) is 12.3. The first-order valence-electron chi connectivity index (χ1n) is 6.82. The molecule has 0 bridgehead atoms. The highest BCUT2D eigenvalue weighted by atomic mass is 35.5. The quantitative estimate of drug-likeness (QED) is 0.397. The standard InChI is InChI=1S/C16H13ClN2O3/c17-12-5-1-10(2-6-12)14-9-15(14)16(18-20)11-3-7-13(8-4-11)19(21)22/h1-8,14-15,20H,9H2. The lowest BCUT2D eigenvalue weighted by atomic mass is 10.0. The summed E-state index contributed by atoms with van der Waals surface area (Å²) in [5.74, 6) is 0.408. The molecule has 22 heavy (non-hydrogen) atoms. The highest BCUT2D eigenvalue weighted by Crippen LogP contribution is 2.49. The second-order valence-corrected chi connectivity index (χ2v) is 5.73. The largest absolute Gasteiger partial charge is 0.411 e. The predicted molar refractivity (Wildman–Crippen MR) is 83.7 cm³/mol. The Morgan fingerprint density at radius 2 is 1.82 bits per heavy atom. The molecule has 2 aromatic carbocycles. The van der Waals surface area contributed by atoms with Crippen LogP contribution in [-0.2, 0) is 0 Å². The second kappa shape index (κ2) is 5.77. The Balaban J connectivity index is 1.79. The zero-order chi connectivity index (χ0) is 15.7. The number of hydrogen-bond acceptors (Lipinski definition) is 4. The molecule has 0 amide bonds. The topological polar surface area (TPSA) is 75.7 Å². The lowest BCUT2D eigenvalue weighted by molar-refractivity contribution is -0.384. The number of benzene rings is 2. The minimum atomic E-state index is -0.451. The number of nitro benzene ring substituents is 1. The number of halogens is 1. The first kappa shape index (κ1) is 14.5. The van der Waals surface area contributed by atoms with E-state index in [1.165, 1.54) is 12.1 Å². The third-order valence-electron chi connectivity index (χ3n) is 3.92. The first-order valence-corrected chi connectivity index (χ1v) is 7.20. The average Bonchev–Trinajstić information content (AvgIpc) is 3.30. The van der Waals surface area contributed by atoms with Crippen LogP contribution in [0.1, 0.15) is 23.5 Å². The molecule has 0 spiro atoms. The Labute approximate surface area is 132 Å². The fourth-order valence-electron chi connectivity index (χ4n) is 2.68. The molecule has 2 atom stereocenters. The Kier molecular flexibility index (Phi) is 3.81. The van der Waals surface area contributed by atoms with Crippen LogP contribution >= 0.6 is 11.6 Å². The van der Waals surface area contributed by atoms with E-state index in [9.17, 15) is 15.3 Å². The number of nitro groups is 1. The summed E-state index contributed by atoms with van der Waals surface area (Å²) in [5, 5.41) is 24.1. The van der Waals surface area contributed by atoms with E-state index in [0.717, 1.165) is 12.0 Å². The van der Waals surface area contributed by atoms with Crippen LogP contribution in [0, 0.1) is 16.0 Å². The van der Waals surface area contributed by atoms with Crippen LogP contribution < -0.4 is 0 Å². The van der Waals surface area contributed by atoms with Crippen molar-refractivity contribution in [1.82, 2.24) is 0 Å². The van der Waals surface area contributed by atoms with Gasteiger partial charge < -0.3 is 5.21 Å². The van der Waals surface area contributed by atoms with Crippen LogP contribution in [0.5, 0.6) is 0 Å². The molecule has 1 aliphatic rings. The van der Waals surface area contributed by atoms with Gasteiger partial charge in [-0.2, -0.15) is 0 Å². The third kappa shape index (κ3) is 2.80. The highest BCUT2D eigenvalue weighted by molar-refractivity contribution is 6.30. The van der Waals surface area contributed by atoms with E-state index >= 15 is 0 Å². The van der Waals surface area contributed by atoms with E-state index < -0.39 is 4.92 Å². The van der Waals surface area contributed by atoms with Crippen LogP contribution in [0.25, 0.3) is 0 Å². The normalized spacial score (nSPS) is 20.7. The van der Waals surface area contributed by atoms with Gasteiger partial charge in [0.25, 0.3) is 5.69 Å². The Bertz CT molecular complexity index is 726. The van der Waals surface area contributed by atoms with Gasteiger partial charge in [-0.3, -0.25) is 10.1 Å². The third-order valence-corrected chi connectivity index (χ3v) is 4.17. The molecule has 5 nitrogen and oxygen atoms in total. The van der Waals surface area contributed by atoms with Crippen LogP contribution in [-0.4, -0.2) is 15.8 Å². The van der Waals surface area contributed by atoms with Gasteiger partial charge in [0.2, 0.25) is 0 Å². The van der Waals surface area contributed by atoms with Crippen molar-refractivity contribution >= 4 is 23.0 Å². The molecule has 0 heterocycles. The van der Waals surface area contributed by atoms with Gasteiger partial charge in [0.15, 0.2) is 0 Å². The number of oxime groups is 1. The molecule has 2 aromatic rings. The van der Waals surface area contributed by atoms with Crippen LogP contribution in [0.4, 0.5) is 5.69 Å². The predicted octanol–water partition coefficient (Wildman–Crippen LogP) is 4.23. The van der Waals surface area contributed by atoms with Gasteiger partial charge in [0.05, 0.1) is 10.6 Å². The van der Waals surface area contributed by atoms with Gasteiger partial charge in [0, 0.05) is 28.6 Å². The molecule has 0 aliphatic heterocycles. The molecule has 0 saturated heterocycles. The molecular formula is C16H13ClN2O3. The smallest absolute Gasteiger partial charge is 0.269 e. The summed E-state index contributed by atoms with van der Waals surface area (Å²) in [6.45, 7) is 0. The molecular weight excluding hydrogens is 304 g/mol. The van der Waals surface area contributed by atoms with E-state index in [1.54, 1.807) is 12.1 Å². The minimum absolute atomic E-state index is 0.0195. The summed E-state index contributed by atoms with van der Waals surface area (Å²) in [7, 11) is 0. The maximum absolute atomic E-state index is 10.7. The SMILES string of the molecule is O=[N+]([O-])c1ccc(C(=NO)C2CC2c2ccc(Cl)cc2)cc1. The molecule has 0 radical (unpaired) electrons. The van der Waals surface area contributed by atoms with Gasteiger partial charge in [-0.05, 0) is 42.2 Å². The number of hydrogen-bond donors (Lipinski definition) is 1. The van der Waals surface area contributed by atoms with E-state index in [-0.39, 0.29) is 11.6 Å². The van der Waals surface area contributed by atoms with Gasteiger partial charge in [-0.1, -0.05) is 28.9 Å². The molecule has 0 aromatic heterocycles. The van der Waals surface area contributed by atoms with Crippen molar-refractivity contribution in [3.8, 4) is 0 Å².